The maximum atomic E-state index is 13.2. The molecule has 5 nitrogen and oxygen atoms in total. The van der Waals surface area contributed by atoms with Gasteiger partial charge in [-0.25, -0.2) is 0 Å². The van der Waals surface area contributed by atoms with E-state index in [4.69, 9.17) is 17.3 Å². The maximum Gasteiger partial charge on any atom is 0.226 e. The number of hydrogen-bond acceptors (Lipinski definition) is 4. The van der Waals surface area contributed by atoms with E-state index >= 15 is 0 Å². The number of aromatic nitrogens is 2. The van der Waals surface area contributed by atoms with Crippen LogP contribution in [0.1, 0.15) is 36.6 Å². The largest absolute Gasteiger partial charge is 0.333 e. The van der Waals surface area contributed by atoms with Gasteiger partial charge in [0.15, 0.2) is 0 Å². The quantitative estimate of drug-likeness (QED) is 0.779. The first-order valence-corrected chi connectivity index (χ1v) is 8.97. The molecule has 1 aromatic heterocycles. The smallest absolute Gasteiger partial charge is 0.226 e. The summed E-state index contributed by atoms with van der Waals surface area (Å²) in [5, 5.41) is 0.662. The molecule has 8 heteroatoms. The van der Waals surface area contributed by atoms with E-state index in [0.29, 0.717) is 11.6 Å². The van der Waals surface area contributed by atoms with Crippen molar-refractivity contribution >= 4 is 42.3 Å². The molecule has 1 amide bonds. The van der Waals surface area contributed by atoms with Crippen LogP contribution in [0.2, 0.25) is 5.02 Å². The van der Waals surface area contributed by atoms with Gasteiger partial charge >= 0.3 is 0 Å². The van der Waals surface area contributed by atoms with Crippen LogP contribution in [-0.4, -0.2) is 34.4 Å². The van der Waals surface area contributed by atoms with Crippen molar-refractivity contribution < 1.29 is 4.79 Å². The lowest BCUT2D eigenvalue weighted by Gasteiger charge is -2.31. The van der Waals surface area contributed by atoms with E-state index in [1.165, 1.54) is 0 Å². The first kappa shape index (κ1) is 23.6. The molecular formula is C19H25Cl3N4O. The van der Waals surface area contributed by atoms with Crippen molar-refractivity contribution in [1.82, 2.24) is 14.9 Å². The average Bonchev–Trinajstić information content (AvgIpc) is 3.12. The fraction of sp³-hybridized carbons (Fsp3) is 0.421. The molecule has 1 fully saturated rings. The molecule has 0 aliphatic heterocycles. The zero-order chi connectivity index (χ0) is 17.8. The van der Waals surface area contributed by atoms with E-state index in [9.17, 15) is 4.79 Å². The molecule has 2 N–H and O–H groups in total. The van der Waals surface area contributed by atoms with Crippen LogP contribution in [-0.2, 0) is 4.79 Å². The molecule has 1 aliphatic rings. The van der Waals surface area contributed by atoms with Gasteiger partial charge in [0.1, 0.15) is 6.04 Å². The summed E-state index contributed by atoms with van der Waals surface area (Å²) in [4.78, 5) is 23.6. The predicted molar refractivity (Wildman–Crippen MR) is 112 cm³/mol. The number of rotatable bonds is 5. The molecule has 1 heterocycles. The van der Waals surface area contributed by atoms with Gasteiger partial charge in [-0.15, -0.1) is 24.8 Å². The molecular weight excluding hydrogens is 407 g/mol. The SMILES string of the molecule is CN(C(=O)[C@@H]1CCC[C@@H]1CN)C(c1ccc(Cl)cc1)c1cnccn1.Cl.Cl. The van der Waals surface area contributed by atoms with Crippen molar-refractivity contribution in [3.63, 3.8) is 0 Å². The Morgan fingerprint density at radius 3 is 2.56 bits per heavy atom. The van der Waals surface area contributed by atoms with Crippen LogP contribution in [0.3, 0.4) is 0 Å². The second-order valence-electron chi connectivity index (χ2n) is 6.57. The highest BCUT2D eigenvalue weighted by Gasteiger charge is 2.36. The fourth-order valence-electron chi connectivity index (χ4n) is 3.72. The highest BCUT2D eigenvalue weighted by atomic mass is 35.5. The van der Waals surface area contributed by atoms with Gasteiger partial charge in [0.05, 0.1) is 11.9 Å². The third-order valence-corrected chi connectivity index (χ3v) is 5.31. The first-order valence-electron chi connectivity index (χ1n) is 8.60. The van der Waals surface area contributed by atoms with Gasteiger partial charge in [-0.1, -0.05) is 30.2 Å². The zero-order valence-electron chi connectivity index (χ0n) is 15.1. The van der Waals surface area contributed by atoms with Gasteiger partial charge in [0.25, 0.3) is 0 Å². The van der Waals surface area contributed by atoms with Crippen molar-refractivity contribution in [2.24, 2.45) is 17.6 Å². The number of halogens is 3. The molecule has 1 unspecified atom stereocenters. The number of nitrogens with zero attached hydrogens (tertiary/aromatic N) is 3. The van der Waals surface area contributed by atoms with E-state index in [1.807, 2.05) is 31.3 Å². The Bertz CT molecular complexity index is 715. The highest BCUT2D eigenvalue weighted by Crippen LogP contribution is 2.35. The van der Waals surface area contributed by atoms with Crippen molar-refractivity contribution in [2.45, 2.75) is 25.3 Å². The first-order chi connectivity index (χ1) is 12.1. The highest BCUT2D eigenvalue weighted by molar-refractivity contribution is 6.30. The summed E-state index contributed by atoms with van der Waals surface area (Å²) >= 11 is 6.02. The van der Waals surface area contributed by atoms with E-state index in [-0.39, 0.29) is 48.6 Å². The summed E-state index contributed by atoms with van der Waals surface area (Å²) in [6, 6.07) is 7.23. The molecule has 1 saturated carbocycles. The number of benzene rings is 1. The monoisotopic (exact) mass is 430 g/mol. The van der Waals surface area contributed by atoms with Gasteiger partial charge in [0, 0.05) is 30.4 Å². The van der Waals surface area contributed by atoms with E-state index in [0.717, 1.165) is 30.5 Å². The number of hydrogen-bond donors (Lipinski definition) is 1. The minimum Gasteiger partial charge on any atom is -0.333 e. The van der Waals surface area contributed by atoms with Crippen molar-refractivity contribution in [3.8, 4) is 0 Å². The van der Waals surface area contributed by atoms with E-state index in [1.54, 1.807) is 23.5 Å². The minimum atomic E-state index is -0.294. The predicted octanol–water partition coefficient (Wildman–Crippen LogP) is 3.90. The molecule has 0 saturated heterocycles. The second-order valence-corrected chi connectivity index (χ2v) is 7.00. The summed E-state index contributed by atoms with van der Waals surface area (Å²) in [5.41, 5.74) is 7.57. The Morgan fingerprint density at radius 2 is 1.96 bits per heavy atom. The van der Waals surface area contributed by atoms with Crippen molar-refractivity contribution in [3.05, 3.63) is 59.1 Å². The Kier molecular flexibility index (Phi) is 9.47. The zero-order valence-corrected chi connectivity index (χ0v) is 17.5. The third kappa shape index (κ3) is 5.32. The molecule has 1 aliphatic carbocycles. The lowest BCUT2D eigenvalue weighted by atomic mass is 9.93. The summed E-state index contributed by atoms with van der Waals surface area (Å²) < 4.78 is 0. The number of carbonyl (C=O) groups is 1. The van der Waals surface area contributed by atoms with Crippen LogP contribution in [0.15, 0.2) is 42.9 Å². The van der Waals surface area contributed by atoms with Gasteiger partial charge < -0.3 is 10.6 Å². The van der Waals surface area contributed by atoms with Gasteiger partial charge in [-0.05, 0) is 43.0 Å². The summed E-state index contributed by atoms with van der Waals surface area (Å²) in [6.45, 7) is 0.557. The Morgan fingerprint density at radius 1 is 1.26 bits per heavy atom. The molecule has 2 aromatic rings. The van der Waals surface area contributed by atoms with Crippen LogP contribution in [0.4, 0.5) is 0 Å². The lowest BCUT2D eigenvalue weighted by Crippen LogP contribution is -2.39. The van der Waals surface area contributed by atoms with Crippen LogP contribution < -0.4 is 5.73 Å². The normalized spacial score (nSPS) is 19.5. The van der Waals surface area contributed by atoms with E-state index < -0.39 is 0 Å². The number of carbonyl (C=O) groups excluding carboxylic acids is 1. The van der Waals surface area contributed by atoms with Crippen LogP contribution in [0.25, 0.3) is 0 Å². The Labute approximate surface area is 177 Å². The van der Waals surface area contributed by atoms with Gasteiger partial charge in [0.2, 0.25) is 5.91 Å². The average molecular weight is 432 g/mol. The lowest BCUT2D eigenvalue weighted by molar-refractivity contribution is -0.136. The van der Waals surface area contributed by atoms with Crippen molar-refractivity contribution in [1.29, 1.82) is 0 Å². The Hall–Kier alpha value is -1.40. The van der Waals surface area contributed by atoms with Crippen LogP contribution >= 0.6 is 36.4 Å². The third-order valence-electron chi connectivity index (χ3n) is 5.06. The molecule has 1 aromatic carbocycles. The minimum absolute atomic E-state index is 0. The van der Waals surface area contributed by atoms with Gasteiger partial charge in [-0.2, -0.15) is 0 Å². The standard InChI is InChI=1S/C19H23ClN4O.2ClH/c1-24(19(25)16-4-2-3-14(16)11-21)18(17-12-22-9-10-23-17)13-5-7-15(20)8-6-13;;/h5-10,12,14,16,18H,2-4,11,21H2,1H3;2*1H/t14-,16-,18?;;/m1../s1. The maximum absolute atomic E-state index is 13.2. The molecule has 0 bridgehead atoms. The Balaban J connectivity index is 0.00000182. The molecule has 0 spiro atoms. The molecule has 0 radical (unpaired) electrons. The van der Waals surface area contributed by atoms with Gasteiger partial charge in [-0.3, -0.25) is 14.8 Å². The van der Waals surface area contributed by atoms with Crippen molar-refractivity contribution in [2.75, 3.05) is 13.6 Å². The van der Waals surface area contributed by atoms with E-state index in [2.05, 4.69) is 9.97 Å². The number of nitrogens with two attached hydrogens (primary N) is 1. The van der Waals surface area contributed by atoms with Crippen LogP contribution in [0, 0.1) is 11.8 Å². The molecule has 148 valence electrons. The topological polar surface area (TPSA) is 72.1 Å². The summed E-state index contributed by atoms with van der Waals surface area (Å²) in [7, 11) is 1.84. The summed E-state index contributed by atoms with van der Waals surface area (Å²) in [5.74, 6) is 0.378. The molecule has 3 rings (SSSR count). The second kappa shape index (κ2) is 10.8. The fourth-order valence-corrected chi connectivity index (χ4v) is 3.85. The molecule has 27 heavy (non-hydrogen) atoms. The number of amides is 1. The summed E-state index contributed by atoms with van der Waals surface area (Å²) in [6.07, 6.45) is 7.97. The molecule has 3 atom stereocenters. The van der Waals surface area contributed by atoms with Crippen LogP contribution in [0.5, 0.6) is 0 Å².